The number of amides is 1. The second-order valence-corrected chi connectivity index (χ2v) is 10.7. The van der Waals surface area contributed by atoms with Gasteiger partial charge in [0, 0.05) is 31.1 Å². The van der Waals surface area contributed by atoms with E-state index in [0.717, 1.165) is 25.7 Å². The summed E-state index contributed by atoms with van der Waals surface area (Å²) in [7, 11) is -2.29. The van der Waals surface area contributed by atoms with Crippen molar-refractivity contribution in [2.75, 3.05) is 40.0 Å². The minimum absolute atomic E-state index is 0.0235. The number of benzene rings is 2. The average Bonchev–Trinajstić information content (AvgIpc) is 3.37. The summed E-state index contributed by atoms with van der Waals surface area (Å²) < 4.78 is 38.3. The van der Waals surface area contributed by atoms with Crippen LogP contribution >= 0.6 is 0 Å². The van der Waals surface area contributed by atoms with Gasteiger partial charge in [0.05, 0.1) is 20.3 Å². The molecule has 1 saturated heterocycles. The molecule has 2 aromatic carbocycles. The first-order chi connectivity index (χ1) is 16.4. The predicted molar refractivity (Wildman–Crippen MR) is 131 cm³/mol. The molecule has 1 heterocycles. The number of nitrogens with one attached hydrogen (secondary N) is 1. The van der Waals surface area contributed by atoms with Gasteiger partial charge in [-0.15, -0.1) is 0 Å². The van der Waals surface area contributed by atoms with Crippen LogP contribution in [0.3, 0.4) is 0 Å². The number of ether oxygens (including phenoxy) is 2. The molecule has 0 radical (unpaired) electrons. The lowest BCUT2D eigenvalue weighted by molar-refractivity contribution is -0.116. The van der Waals surface area contributed by atoms with Gasteiger partial charge in [-0.1, -0.05) is 49.2 Å². The van der Waals surface area contributed by atoms with Gasteiger partial charge >= 0.3 is 0 Å². The Morgan fingerprint density at radius 2 is 1.82 bits per heavy atom. The predicted octanol–water partition coefficient (Wildman–Crippen LogP) is 3.36. The van der Waals surface area contributed by atoms with Crippen molar-refractivity contribution in [2.45, 2.75) is 36.0 Å². The highest BCUT2D eigenvalue weighted by Crippen LogP contribution is 2.40. The Bertz CT molecular complexity index is 1120. The maximum Gasteiger partial charge on any atom is 0.246 e. The number of hydrogen-bond acceptors (Lipinski definition) is 5. The molecular weight excluding hydrogens is 452 g/mol. The number of rotatable bonds is 8. The molecule has 1 saturated carbocycles. The Kier molecular flexibility index (Phi) is 7.70. The number of sulfonamides is 1. The van der Waals surface area contributed by atoms with Crippen molar-refractivity contribution in [3.63, 3.8) is 0 Å². The standard InChI is InChI=1S/C26H32N2O5S/c1-32-23-11-9-21(19-24(23)34(30,31)28-15-17-33-18-16-28)10-12-25(29)27-20-26(13-5-6-14-26)22-7-3-2-4-8-22/h2-4,7-12,19H,5-6,13-18,20H2,1H3,(H,27,29)/b12-10+. The summed E-state index contributed by atoms with van der Waals surface area (Å²) in [5.41, 5.74) is 1.86. The molecule has 2 aromatic rings. The summed E-state index contributed by atoms with van der Waals surface area (Å²) in [6.45, 7) is 1.92. The molecule has 1 N–H and O–H groups in total. The Balaban J connectivity index is 1.47. The van der Waals surface area contributed by atoms with Crippen LogP contribution in [0, 0.1) is 0 Å². The second-order valence-electron chi connectivity index (χ2n) is 8.83. The Morgan fingerprint density at radius 3 is 2.50 bits per heavy atom. The first kappa shape index (κ1) is 24.4. The maximum atomic E-state index is 13.2. The molecule has 2 aliphatic rings. The van der Waals surface area contributed by atoms with E-state index in [4.69, 9.17) is 9.47 Å². The van der Waals surface area contributed by atoms with Gasteiger partial charge in [0.15, 0.2) is 0 Å². The highest BCUT2D eigenvalue weighted by atomic mass is 32.2. The van der Waals surface area contributed by atoms with Gasteiger partial charge in [-0.3, -0.25) is 4.79 Å². The van der Waals surface area contributed by atoms with Crippen molar-refractivity contribution in [1.29, 1.82) is 0 Å². The van der Waals surface area contributed by atoms with E-state index in [1.165, 1.54) is 23.1 Å². The van der Waals surface area contributed by atoms with Crippen molar-refractivity contribution in [3.05, 3.63) is 65.7 Å². The minimum atomic E-state index is -3.73. The first-order valence-electron chi connectivity index (χ1n) is 11.7. The Hall–Kier alpha value is -2.68. The van der Waals surface area contributed by atoms with Gasteiger partial charge in [-0.25, -0.2) is 8.42 Å². The number of hydrogen-bond donors (Lipinski definition) is 1. The summed E-state index contributed by atoms with van der Waals surface area (Å²) in [4.78, 5) is 12.7. The van der Waals surface area contributed by atoms with Crippen molar-refractivity contribution >= 4 is 22.0 Å². The molecule has 0 bridgehead atoms. The lowest BCUT2D eigenvalue weighted by atomic mass is 9.79. The van der Waals surface area contributed by atoms with E-state index >= 15 is 0 Å². The summed E-state index contributed by atoms with van der Waals surface area (Å²) in [6.07, 6.45) is 7.53. The molecule has 182 valence electrons. The van der Waals surface area contributed by atoms with Gasteiger partial charge in [0.25, 0.3) is 0 Å². The van der Waals surface area contributed by atoms with Gasteiger partial charge in [0.2, 0.25) is 15.9 Å². The number of carbonyl (C=O) groups is 1. The minimum Gasteiger partial charge on any atom is -0.495 e. The van der Waals surface area contributed by atoms with E-state index in [-0.39, 0.29) is 22.0 Å². The van der Waals surface area contributed by atoms with Crippen molar-refractivity contribution < 1.29 is 22.7 Å². The van der Waals surface area contributed by atoms with E-state index in [2.05, 4.69) is 17.4 Å². The molecule has 0 unspecified atom stereocenters. The largest absolute Gasteiger partial charge is 0.495 e. The molecule has 1 amide bonds. The third-order valence-corrected chi connectivity index (χ3v) is 8.67. The number of nitrogens with zero attached hydrogens (tertiary/aromatic N) is 1. The zero-order valence-corrected chi connectivity index (χ0v) is 20.4. The summed E-state index contributed by atoms with van der Waals surface area (Å²) in [5, 5.41) is 3.06. The van der Waals surface area contributed by atoms with Gasteiger partial charge < -0.3 is 14.8 Å². The molecule has 1 aliphatic carbocycles. The molecule has 1 aliphatic heterocycles. The van der Waals surface area contributed by atoms with Gasteiger partial charge in [-0.05, 0) is 42.2 Å². The Labute approximate surface area is 201 Å². The van der Waals surface area contributed by atoms with Crippen molar-refractivity contribution in [3.8, 4) is 5.75 Å². The molecule has 0 aromatic heterocycles. The fourth-order valence-corrected chi connectivity index (χ4v) is 6.42. The highest BCUT2D eigenvalue weighted by molar-refractivity contribution is 7.89. The van der Waals surface area contributed by atoms with E-state index in [1.54, 1.807) is 24.3 Å². The Morgan fingerprint density at radius 1 is 1.12 bits per heavy atom. The third-order valence-electron chi connectivity index (χ3n) is 6.75. The van der Waals surface area contributed by atoms with Crippen LogP contribution in [0.4, 0.5) is 0 Å². The smallest absolute Gasteiger partial charge is 0.246 e. The normalized spacial score (nSPS) is 18.7. The second kappa shape index (κ2) is 10.7. The summed E-state index contributed by atoms with van der Waals surface area (Å²) >= 11 is 0. The van der Waals surface area contributed by atoms with Crippen molar-refractivity contribution in [1.82, 2.24) is 9.62 Å². The van der Waals surface area contributed by atoms with Gasteiger partial charge in [0.1, 0.15) is 10.6 Å². The lowest BCUT2D eigenvalue weighted by Gasteiger charge is -2.29. The van der Waals surface area contributed by atoms with Crippen LogP contribution in [-0.2, 0) is 25.0 Å². The molecular formula is C26H32N2O5S. The fraction of sp³-hybridized carbons (Fsp3) is 0.423. The topological polar surface area (TPSA) is 84.9 Å². The zero-order chi connectivity index (χ0) is 24.0. The van der Waals surface area contributed by atoms with Crippen LogP contribution in [0.1, 0.15) is 36.8 Å². The van der Waals surface area contributed by atoms with Crippen LogP contribution in [0.15, 0.2) is 59.5 Å². The monoisotopic (exact) mass is 484 g/mol. The number of morpholine rings is 1. The number of methoxy groups -OCH3 is 1. The van der Waals surface area contributed by atoms with E-state index in [9.17, 15) is 13.2 Å². The van der Waals surface area contributed by atoms with E-state index in [1.807, 2.05) is 18.2 Å². The molecule has 34 heavy (non-hydrogen) atoms. The molecule has 0 spiro atoms. The molecule has 2 fully saturated rings. The third kappa shape index (κ3) is 5.35. The molecule has 7 nitrogen and oxygen atoms in total. The fourth-order valence-electron chi connectivity index (χ4n) is 4.82. The summed E-state index contributed by atoms with van der Waals surface area (Å²) in [5.74, 6) is 0.0785. The quantitative estimate of drug-likeness (QED) is 0.581. The van der Waals surface area contributed by atoms with Crippen molar-refractivity contribution in [2.24, 2.45) is 0 Å². The maximum absolute atomic E-state index is 13.2. The van der Waals surface area contributed by atoms with Crippen LogP contribution in [0.5, 0.6) is 5.75 Å². The molecule has 0 atom stereocenters. The van der Waals surface area contributed by atoms with Crippen LogP contribution < -0.4 is 10.1 Å². The van der Waals surface area contributed by atoms with E-state index in [0.29, 0.717) is 38.4 Å². The SMILES string of the molecule is COc1ccc(/C=C/C(=O)NCC2(c3ccccc3)CCCC2)cc1S(=O)(=O)N1CCOCC1. The highest BCUT2D eigenvalue weighted by Gasteiger charge is 2.35. The van der Waals surface area contributed by atoms with E-state index < -0.39 is 10.0 Å². The van der Waals surface area contributed by atoms with Crippen LogP contribution in [0.2, 0.25) is 0 Å². The zero-order valence-electron chi connectivity index (χ0n) is 19.5. The van der Waals surface area contributed by atoms with Gasteiger partial charge in [-0.2, -0.15) is 4.31 Å². The number of carbonyl (C=O) groups excluding carboxylic acids is 1. The lowest BCUT2D eigenvalue weighted by Crippen LogP contribution is -2.40. The average molecular weight is 485 g/mol. The van der Waals surface area contributed by atoms with Crippen LogP contribution in [-0.4, -0.2) is 58.6 Å². The first-order valence-corrected chi connectivity index (χ1v) is 13.2. The van der Waals surface area contributed by atoms with Crippen LogP contribution in [0.25, 0.3) is 6.08 Å². The molecule has 8 heteroatoms. The summed E-state index contributed by atoms with van der Waals surface area (Å²) in [6, 6.07) is 15.3. The molecule has 4 rings (SSSR count).